The molecule has 3 rings (SSSR count). The molecule has 0 bridgehead atoms. The number of rotatable bonds is 9. The molecule has 1 heterocycles. The molecule has 2 aliphatic rings. The standard InChI is InChI=1S/C21H32N2O4/c1-24-11-4-12-27-15-23-17-7-8-21(9-10-22-20(21)14-17)16-5-6-18(25-2)19(13-16)26-3/h5-6,13,20,22H,4,7-12,14-15H2,1-3H3/b23-17-/t20-,21-/m0/s1. The van der Waals surface area contributed by atoms with Crippen molar-refractivity contribution >= 4 is 5.71 Å². The summed E-state index contributed by atoms with van der Waals surface area (Å²) in [6.45, 7) is 2.92. The summed E-state index contributed by atoms with van der Waals surface area (Å²) in [5.41, 5.74) is 2.75. The summed E-state index contributed by atoms with van der Waals surface area (Å²) in [6.07, 6.45) is 5.16. The molecule has 0 aromatic heterocycles. The largest absolute Gasteiger partial charge is 0.493 e. The number of methoxy groups -OCH3 is 3. The van der Waals surface area contributed by atoms with Crippen molar-refractivity contribution in [2.45, 2.75) is 43.6 Å². The van der Waals surface area contributed by atoms with E-state index < -0.39 is 0 Å². The minimum Gasteiger partial charge on any atom is -0.493 e. The summed E-state index contributed by atoms with van der Waals surface area (Å²) >= 11 is 0. The van der Waals surface area contributed by atoms with E-state index in [1.807, 2.05) is 6.07 Å². The molecule has 6 nitrogen and oxygen atoms in total. The van der Waals surface area contributed by atoms with Crippen LogP contribution in [-0.2, 0) is 14.9 Å². The Bertz CT molecular complexity index is 649. The Morgan fingerprint density at radius 1 is 1.11 bits per heavy atom. The number of nitrogens with one attached hydrogen (secondary N) is 1. The summed E-state index contributed by atoms with van der Waals surface area (Å²) in [5, 5.41) is 3.70. The summed E-state index contributed by atoms with van der Waals surface area (Å²) < 4.78 is 21.6. The third-order valence-electron chi connectivity index (χ3n) is 5.90. The van der Waals surface area contributed by atoms with Crippen LogP contribution in [0.2, 0.25) is 0 Å². The molecule has 1 saturated heterocycles. The highest BCUT2D eigenvalue weighted by Crippen LogP contribution is 2.46. The number of hydrogen-bond donors (Lipinski definition) is 1. The van der Waals surface area contributed by atoms with Crippen LogP contribution < -0.4 is 14.8 Å². The number of nitrogens with zero attached hydrogens (tertiary/aromatic N) is 1. The smallest absolute Gasteiger partial charge is 0.161 e. The number of aliphatic imine (C=N–C) groups is 1. The average Bonchev–Trinajstić information content (AvgIpc) is 3.14. The minimum atomic E-state index is 0.151. The van der Waals surface area contributed by atoms with Crippen LogP contribution in [0.3, 0.4) is 0 Å². The van der Waals surface area contributed by atoms with Crippen LogP contribution in [0.25, 0.3) is 0 Å². The summed E-state index contributed by atoms with van der Waals surface area (Å²) in [4.78, 5) is 4.70. The van der Waals surface area contributed by atoms with Crippen LogP contribution in [0.4, 0.5) is 0 Å². The molecule has 0 amide bonds. The fourth-order valence-corrected chi connectivity index (χ4v) is 4.40. The van der Waals surface area contributed by atoms with E-state index in [2.05, 4.69) is 17.4 Å². The van der Waals surface area contributed by atoms with Gasteiger partial charge in [-0.15, -0.1) is 0 Å². The van der Waals surface area contributed by atoms with E-state index >= 15 is 0 Å². The third-order valence-corrected chi connectivity index (χ3v) is 5.90. The van der Waals surface area contributed by atoms with Gasteiger partial charge in [0.15, 0.2) is 11.5 Å². The predicted molar refractivity (Wildman–Crippen MR) is 106 cm³/mol. The topological polar surface area (TPSA) is 61.3 Å². The maximum Gasteiger partial charge on any atom is 0.161 e. The second kappa shape index (κ2) is 9.53. The van der Waals surface area contributed by atoms with Crippen LogP contribution in [-0.4, -0.2) is 59.6 Å². The molecular formula is C21H32N2O4. The van der Waals surface area contributed by atoms with Crippen molar-refractivity contribution in [3.8, 4) is 11.5 Å². The van der Waals surface area contributed by atoms with Gasteiger partial charge in [-0.05, 0) is 49.9 Å². The Hall–Kier alpha value is -1.63. The Labute approximate surface area is 162 Å². The lowest BCUT2D eigenvalue weighted by molar-refractivity contribution is 0.108. The highest BCUT2D eigenvalue weighted by Gasteiger charge is 2.47. The first-order valence-corrected chi connectivity index (χ1v) is 9.78. The molecule has 2 fully saturated rings. The van der Waals surface area contributed by atoms with Crippen LogP contribution in [0.5, 0.6) is 11.5 Å². The maximum atomic E-state index is 5.60. The van der Waals surface area contributed by atoms with Crippen molar-refractivity contribution in [2.75, 3.05) is 47.8 Å². The van der Waals surface area contributed by atoms with E-state index in [1.165, 1.54) is 11.3 Å². The second-order valence-corrected chi connectivity index (χ2v) is 7.29. The van der Waals surface area contributed by atoms with Crippen LogP contribution >= 0.6 is 0 Å². The summed E-state index contributed by atoms with van der Waals surface area (Å²) in [5.74, 6) is 1.59. The quantitative estimate of drug-likeness (QED) is 0.672. The van der Waals surface area contributed by atoms with Gasteiger partial charge in [-0.3, -0.25) is 4.99 Å². The molecule has 1 aliphatic carbocycles. The Balaban J connectivity index is 1.66. The molecule has 1 aromatic rings. The van der Waals surface area contributed by atoms with Gasteiger partial charge in [-0.25, -0.2) is 0 Å². The van der Waals surface area contributed by atoms with E-state index in [1.54, 1.807) is 21.3 Å². The first kappa shape index (κ1) is 20.1. The normalized spacial score (nSPS) is 26.2. The maximum absolute atomic E-state index is 5.60. The van der Waals surface area contributed by atoms with Gasteiger partial charge in [0.05, 0.1) is 20.8 Å². The van der Waals surface area contributed by atoms with Crippen molar-refractivity contribution in [2.24, 2.45) is 4.99 Å². The molecule has 27 heavy (non-hydrogen) atoms. The zero-order chi connectivity index (χ0) is 19.1. The molecule has 0 unspecified atom stereocenters. The van der Waals surface area contributed by atoms with Crippen LogP contribution in [0, 0.1) is 0 Å². The SMILES string of the molecule is COCCCOC/N=C1/CC[C@@]2(c3ccc(OC)c(OC)c3)CCN[C@H]2C1. The lowest BCUT2D eigenvalue weighted by Gasteiger charge is -2.40. The Morgan fingerprint density at radius 2 is 1.96 bits per heavy atom. The van der Waals surface area contributed by atoms with E-state index in [9.17, 15) is 0 Å². The van der Waals surface area contributed by atoms with Crippen molar-refractivity contribution in [3.05, 3.63) is 23.8 Å². The van der Waals surface area contributed by atoms with Gasteiger partial charge >= 0.3 is 0 Å². The molecule has 6 heteroatoms. The monoisotopic (exact) mass is 376 g/mol. The summed E-state index contributed by atoms with van der Waals surface area (Å²) in [6, 6.07) is 6.79. The Morgan fingerprint density at radius 3 is 2.74 bits per heavy atom. The number of fused-ring (bicyclic) bond motifs is 1. The van der Waals surface area contributed by atoms with Gasteiger partial charge in [0.25, 0.3) is 0 Å². The molecule has 1 saturated carbocycles. The highest BCUT2D eigenvalue weighted by atomic mass is 16.5. The van der Waals surface area contributed by atoms with Gasteiger partial charge in [-0.1, -0.05) is 6.07 Å². The van der Waals surface area contributed by atoms with E-state index in [4.69, 9.17) is 23.9 Å². The number of ether oxygens (including phenoxy) is 4. The van der Waals surface area contributed by atoms with E-state index in [0.29, 0.717) is 19.4 Å². The fourth-order valence-electron chi connectivity index (χ4n) is 4.40. The van der Waals surface area contributed by atoms with Crippen molar-refractivity contribution in [1.29, 1.82) is 0 Å². The van der Waals surface area contributed by atoms with E-state index in [0.717, 1.165) is 56.8 Å². The van der Waals surface area contributed by atoms with Gasteiger partial charge in [0, 0.05) is 37.3 Å². The molecule has 1 aromatic carbocycles. The molecule has 1 aliphatic heterocycles. The average molecular weight is 376 g/mol. The van der Waals surface area contributed by atoms with Crippen molar-refractivity contribution in [1.82, 2.24) is 5.32 Å². The second-order valence-electron chi connectivity index (χ2n) is 7.29. The molecule has 0 spiro atoms. The van der Waals surface area contributed by atoms with Gasteiger partial charge in [-0.2, -0.15) is 0 Å². The fraction of sp³-hybridized carbons (Fsp3) is 0.667. The van der Waals surface area contributed by atoms with Crippen molar-refractivity contribution < 1.29 is 18.9 Å². The number of benzene rings is 1. The molecule has 1 N–H and O–H groups in total. The minimum absolute atomic E-state index is 0.151. The van der Waals surface area contributed by atoms with Gasteiger partial charge in [0.1, 0.15) is 6.73 Å². The molecular weight excluding hydrogens is 344 g/mol. The Kier molecular flexibility index (Phi) is 7.10. The van der Waals surface area contributed by atoms with Gasteiger partial charge in [0.2, 0.25) is 0 Å². The molecule has 150 valence electrons. The van der Waals surface area contributed by atoms with Crippen LogP contribution in [0.15, 0.2) is 23.2 Å². The third kappa shape index (κ3) is 4.45. The first-order valence-electron chi connectivity index (χ1n) is 9.78. The van der Waals surface area contributed by atoms with Crippen LogP contribution in [0.1, 0.15) is 37.7 Å². The summed E-state index contributed by atoms with van der Waals surface area (Å²) in [7, 11) is 5.08. The van der Waals surface area contributed by atoms with Crippen molar-refractivity contribution in [3.63, 3.8) is 0 Å². The first-order chi connectivity index (χ1) is 13.2. The lowest BCUT2D eigenvalue weighted by Crippen LogP contribution is -2.45. The van der Waals surface area contributed by atoms with Gasteiger partial charge < -0.3 is 24.3 Å². The zero-order valence-electron chi connectivity index (χ0n) is 16.8. The predicted octanol–water partition coefficient (Wildman–Crippen LogP) is 2.94. The zero-order valence-corrected chi connectivity index (χ0v) is 16.8. The molecule has 2 atom stereocenters. The van der Waals surface area contributed by atoms with E-state index in [-0.39, 0.29) is 5.41 Å². The molecule has 0 radical (unpaired) electrons. The lowest BCUT2D eigenvalue weighted by atomic mass is 9.66. The number of hydrogen-bond acceptors (Lipinski definition) is 6. The highest BCUT2D eigenvalue weighted by molar-refractivity contribution is 5.86.